The van der Waals surface area contributed by atoms with E-state index in [1.165, 1.54) is 11.8 Å². The van der Waals surface area contributed by atoms with Crippen molar-refractivity contribution in [3.63, 3.8) is 0 Å². The van der Waals surface area contributed by atoms with Crippen molar-refractivity contribution in [2.75, 3.05) is 20.7 Å². The molecule has 0 aliphatic rings. The summed E-state index contributed by atoms with van der Waals surface area (Å²) in [4.78, 5) is 18.1. The van der Waals surface area contributed by atoms with Crippen LogP contribution < -0.4 is 4.90 Å². The van der Waals surface area contributed by atoms with E-state index in [1.54, 1.807) is 25.3 Å². The molecule has 0 saturated carbocycles. The summed E-state index contributed by atoms with van der Waals surface area (Å²) in [6, 6.07) is 8.97. The minimum atomic E-state index is -0.437. The second-order valence-corrected chi connectivity index (χ2v) is 7.39. The number of ether oxygens (including phenoxy) is 1. The molecule has 0 aliphatic heterocycles. The molecule has 6 nitrogen and oxygen atoms in total. The average molecular weight is 387 g/mol. The van der Waals surface area contributed by atoms with Crippen LogP contribution in [0, 0.1) is 0 Å². The molecule has 2 heterocycles. The lowest BCUT2D eigenvalue weighted by Crippen LogP contribution is -3.04. The molecule has 27 heavy (non-hydrogen) atoms. The van der Waals surface area contributed by atoms with E-state index >= 15 is 0 Å². The molecule has 0 saturated heterocycles. The van der Waals surface area contributed by atoms with E-state index < -0.39 is 5.97 Å². The number of aromatic hydroxyl groups is 1. The Balaban J connectivity index is 2.09. The number of fused-ring (bicyclic) bond motifs is 1. The van der Waals surface area contributed by atoms with Crippen molar-refractivity contribution >= 4 is 28.7 Å². The highest BCUT2D eigenvalue weighted by atomic mass is 32.2. The van der Waals surface area contributed by atoms with Gasteiger partial charge in [-0.3, -0.25) is 0 Å². The molecule has 0 aliphatic carbocycles. The van der Waals surface area contributed by atoms with Gasteiger partial charge in [0.1, 0.15) is 29.2 Å². The fraction of sp³-hybridized carbons (Fsp3) is 0.300. The van der Waals surface area contributed by atoms with Gasteiger partial charge < -0.3 is 19.2 Å². The summed E-state index contributed by atoms with van der Waals surface area (Å²) in [5, 5.41) is 11.9. The Morgan fingerprint density at radius 3 is 2.78 bits per heavy atom. The van der Waals surface area contributed by atoms with Crippen molar-refractivity contribution in [3.05, 3.63) is 53.4 Å². The van der Waals surface area contributed by atoms with Gasteiger partial charge in [0.2, 0.25) is 0 Å². The van der Waals surface area contributed by atoms with Crippen molar-refractivity contribution in [2.45, 2.75) is 24.2 Å². The normalized spacial score (nSPS) is 11.3. The van der Waals surface area contributed by atoms with Crippen LogP contribution in [0.25, 0.3) is 11.0 Å². The van der Waals surface area contributed by atoms with Gasteiger partial charge in [-0.25, -0.2) is 9.78 Å². The number of rotatable bonds is 7. The molecule has 3 aromatic rings. The number of hydrogen-bond acceptors (Lipinski definition) is 6. The standard InChI is InChI=1S/C20H22N2O4S/c1-4-25-20(24)19-16(12-27-17-7-5-6-10-21-17)26-15-9-8-14(23)13(18(15)19)11-22(2)3/h5-10,23H,4,11-12H2,1-3H3/p+1. The second-order valence-electron chi connectivity index (χ2n) is 6.40. The van der Waals surface area contributed by atoms with E-state index in [4.69, 9.17) is 9.15 Å². The SMILES string of the molecule is CCOC(=O)c1c(CSc2ccccn2)oc2ccc(O)c(C[NH+](C)C)c12. The van der Waals surface area contributed by atoms with E-state index in [1.807, 2.05) is 32.3 Å². The molecule has 7 heteroatoms. The Bertz CT molecular complexity index is 938. The molecular formula is C20H23N2O4S+. The van der Waals surface area contributed by atoms with Crippen molar-refractivity contribution in [1.29, 1.82) is 0 Å². The number of thioether (sulfide) groups is 1. The average Bonchev–Trinajstić information content (AvgIpc) is 3.02. The number of nitrogens with zero attached hydrogens (tertiary/aromatic N) is 1. The molecule has 0 unspecified atom stereocenters. The zero-order chi connectivity index (χ0) is 19.4. The van der Waals surface area contributed by atoms with Gasteiger partial charge in [0.05, 0.1) is 37.0 Å². The molecule has 0 radical (unpaired) electrons. The molecule has 0 spiro atoms. The Kier molecular flexibility index (Phi) is 6.03. The number of phenols is 1. The predicted octanol–water partition coefficient (Wildman–Crippen LogP) is 2.65. The molecule has 3 rings (SSSR count). The number of furan rings is 1. The third-order valence-corrected chi connectivity index (χ3v) is 4.95. The maximum absolute atomic E-state index is 12.7. The van der Waals surface area contributed by atoms with Crippen molar-refractivity contribution in [3.8, 4) is 5.75 Å². The third kappa shape index (κ3) is 4.26. The molecule has 0 bridgehead atoms. The number of carbonyl (C=O) groups is 1. The largest absolute Gasteiger partial charge is 0.507 e. The summed E-state index contributed by atoms with van der Waals surface area (Å²) in [6.07, 6.45) is 1.73. The summed E-state index contributed by atoms with van der Waals surface area (Å²) in [5.41, 5.74) is 1.65. The summed E-state index contributed by atoms with van der Waals surface area (Å²) >= 11 is 1.48. The highest BCUT2D eigenvalue weighted by molar-refractivity contribution is 7.98. The van der Waals surface area contributed by atoms with Crippen LogP contribution in [0.2, 0.25) is 0 Å². The van der Waals surface area contributed by atoms with E-state index in [2.05, 4.69) is 4.98 Å². The lowest BCUT2D eigenvalue weighted by molar-refractivity contribution is -0.872. The van der Waals surface area contributed by atoms with Crippen LogP contribution in [-0.4, -0.2) is 36.8 Å². The van der Waals surface area contributed by atoms with Crippen LogP contribution in [0.4, 0.5) is 0 Å². The molecule has 2 aromatic heterocycles. The van der Waals surface area contributed by atoms with Crippen LogP contribution in [0.5, 0.6) is 5.75 Å². The van der Waals surface area contributed by atoms with Gasteiger partial charge in [-0.2, -0.15) is 0 Å². The van der Waals surface area contributed by atoms with Crippen LogP contribution in [-0.2, 0) is 17.0 Å². The maximum Gasteiger partial charge on any atom is 0.342 e. The number of carbonyl (C=O) groups excluding carboxylic acids is 1. The third-order valence-electron chi connectivity index (χ3n) is 4.01. The van der Waals surface area contributed by atoms with Crippen LogP contribution in [0.1, 0.15) is 28.6 Å². The zero-order valence-corrected chi connectivity index (χ0v) is 16.4. The quantitative estimate of drug-likeness (QED) is 0.479. The highest BCUT2D eigenvalue weighted by Gasteiger charge is 2.26. The molecular weight excluding hydrogens is 364 g/mol. The van der Waals surface area contributed by atoms with Gasteiger partial charge in [0.25, 0.3) is 0 Å². The lowest BCUT2D eigenvalue weighted by Gasteiger charge is -2.11. The van der Waals surface area contributed by atoms with E-state index in [-0.39, 0.29) is 12.4 Å². The van der Waals surface area contributed by atoms with Gasteiger partial charge in [-0.05, 0) is 31.2 Å². The van der Waals surface area contributed by atoms with Crippen molar-refractivity contribution in [1.82, 2.24) is 4.98 Å². The fourth-order valence-corrected chi connectivity index (χ4v) is 3.72. The topological polar surface area (TPSA) is 77.0 Å². The fourth-order valence-electron chi connectivity index (χ4n) is 2.92. The van der Waals surface area contributed by atoms with Gasteiger partial charge >= 0.3 is 5.97 Å². The number of quaternary nitrogens is 1. The number of pyridine rings is 1. The molecule has 142 valence electrons. The van der Waals surface area contributed by atoms with E-state index in [9.17, 15) is 9.90 Å². The first-order valence-electron chi connectivity index (χ1n) is 8.77. The first-order chi connectivity index (χ1) is 13.0. The minimum Gasteiger partial charge on any atom is -0.507 e. The van der Waals surface area contributed by atoms with Gasteiger partial charge in [0, 0.05) is 11.6 Å². The van der Waals surface area contributed by atoms with Gasteiger partial charge in [-0.1, -0.05) is 17.8 Å². The monoisotopic (exact) mass is 387 g/mol. The predicted molar refractivity (Wildman–Crippen MR) is 104 cm³/mol. The number of nitrogens with one attached hydrogen (secondary N) is 1. The summed E-state index contributed by atoms with van der Waals surface area (Å²) in [5.74, 6) is 0.682. The van der Waals surface area contributed by atoms with Crippen molar-refractivity contribution < 1.29 is 24.0 Å². The molecule has 0 amide bonds. The van der Waals surface area contributed by atoms with Gasteiger partial charge in [-0.15, -0.1) is 0 Å². The minimum absolute atomic E-state index is 0.152. The van der Waals surface area contributed by atoms with Crippen LogP contribution in [0.3, 0.4) is 0 Å². The van der Waals surface area contributed by atoms with Crippen LogP contribution >= 0.6 is 11.8 Å². The summed E-state index contributed by atoms with van der Waals surface area (Å²) < 4.78 is 11.3. The van der Waals surface area contributed by atoms with E-state index in [0.29, 0.717) is 40.2 Å². The van der Waals surface area contributed by atoms with Crippen LogP contribution in [0.15, 0.2) is 46.0 Å². The molecule has 2 N–H and O–H groups in total. The summed E-state index contributed by atoms with van der Waals surface area (Å²) in [7, 11) is 3.97. The maximum atomic E-state index is 12.7. The second kappa shape index (κ2) is 8.45. The number of phenolic OH excluding ortho intramolecular Hbond substituents is 1. The van der Waals surface area contributed by atoms with Crippen molar-refractivity contribution in [2.24, 2.45) is 0 Å². The number of hydrogen-bond donors (Lipinski definition) is 2. The number of benzene rings is 1. The summed E-state index contributed by atoms with van der Waals surface area (Å²) in [6.45, 7) is 2.60. The van der Waals surface area contributed by atoms with Gasteiger partial charge in [0.15, 0.2) is 0 Å². The Morgan fingerprint density at radius 2 is 2.11 bits per heavy atom. The zero-order valence-electron chi connectivity index (χ0n) is 15.6. The first-order valence-corrected chi connectivity index (χ1v) is 9.76. The smallest absolute Gasteiger partial charge is 0.342 e. The molecule has 0 atom stereocenters. The Morgan fingerprint density at radius 1 is 1.30 bits per heavy atom. The molecule has 0 fully saturated rings. The highest BCUT2D eigenvalue weighted by Crippen LogP contribution is 2.36. The van der Waals surface area contributed by atoms with E-state index in [0.717, 1.165) is 9.93 Å². The first kappa shape index (κ1) is 19.3. The Hall–Kier alpha value is -2.51. The molecule has 1 aromatic carbocycles. The lowest BCUT2D eigenvalue weighted by atomic mass is 10.0. The number of aromatic nitrogens is 1. The number of esters is 1. The Labute approximate surface area is 162 Å².